The second-order valence-corrected chi connectivity index (χ2v) is 5.53. The number of carboxylic acid groups (broad SMARTS) is 1. The number of benzene rings is 1. The van der Waals surface area contributed by atoms with Gasteiger partial charge in [0.25, 0.3) is 5.69 Å². The van der Waals surface area contributed by atoms with E-state index >= 15 is 0 Å². The number of amides is 1. The van der Waals surface area contributed by atoms with Gasteiger partial charge >= 0.3 is 6.18 Å². The van der Waals surface area contributed by atoms with Gasteiger partial charge in [0.15, 0.2) is 0 Å². The minimum absolute atomic E-state index is 0.165. The molecule has 0 spiro atoms. The first-order valence-electron chi connectivity index (χ1n) is 7.16. The lowest BCUT2D eigenvalue weighted by Gasteiger charge is -2.39. The molecule has 1 saturated heterocycles. The van der Waals surface area contributed by atoms with E-state index in [0.29, 0.717) is 19.2 Å². The lowest BCUT2D eigenvalue weighted by Crippen LogP contribution is -2.53. The van der Waals surface area contributed by atoms with Crippen molar-refractivity contribution in [3.8, 4) is 0 Å². The van der Waals surface area contributed by atoms with E-state index in [1.54, 1.807) is 11.8 Å². The average molecular weight is 346 g/mol. The van der Waals surface area contributed by atoms with Crippen LogP contribution in [0.3, 0.4) is 0 Å². The van der Waals surface area contributed by atoms with Gasteiger partial charge in [-0.05, 0) is 18.6 Å². The van der Waals surface area contributed by atoms with Crippen molar-refractivity contribution >= 4 is 11.8 Å². The van der Waals surface area contributed by atoms with Crippen LogP contribution < -0.4 is 5.11 Å². The van der Waals surface area contributed by atoms with Gasteiger partial charge in [-0.25, -0.2) is 0 Å². The van der Waals surface area contributed by atoms with Gasteiger partial charge in [0.05, 0.1) is 10.5 Å². The molecule has 24 heavy (non-hydrogen) atoms. The van der Waals surface area contributed by atoms with Gasteiger partial charge in [0.1, 0.15) is 6.09 Å². The average Bonchev–Trinajstić information content (AvgIpc) is 2.53. The summed E-state index contributed by atoms with van der Waals surface area (Å²) in [5, 5.41) is 21.7. The second kappa shape index (κ2) is 6.63. The second-order valence-electron chi connectivity index (χ2n) is 5.53. The Balaban J connectivity index is 2.26. The Labute approximate surface area is 135 Å². The van der Waals surface area contributed by atoms with Crippen molar-refractivity contribution in [2.24, 2.45) is 0 Å². The monoisotopic (exact) mass is 346 g/mol. The number of hydrogen-bond acceptors (Lipinski definition) is 5. The number of nitro benzene ring substituents is 1. The molecule has 10 heteroatoms. The van der Waals surface area contributed by atoms with Crippen LogP contribution in [0.2, 0.25) is 0 Å². The Morgan fingerprint density at radius 3 is 2.25 bits per heavy atom. The number of alkyl halides is 3. The van der Waals surface area contributed by atoms with Crippen LogP contribution in [-0.2, 0) is 6.18 Å². The first kappa shape index (κ1) is 18.0. The molecule has 2 rings (SSSR count). The van der Waals surface area contributed by atoms with Crippen LogP contribution in [0.4, 0.5) is 23.7 Å². The van der Waals surface area contributed by atoms with Crippen LogP contribution in [-0.4, -0.2) is 47.0 Å². The summed E-state index contributed by atoms with van der Waals surface area (Å²) < 4.78 is 38.8. The Bertz CT molecular complexity index is 643. The zero-order valence-corrected chi connectivity index (χ0v) is 12.7. The molecule has 0 N–H and O–H groups in total. The summed E-state index contributed by atoms with van der Waals surface area (Å²) in [5.74, 6) is 0. The molecule has 1 aromatic carbocycles. The molecular weight excluding hydrogens is 331 g/mol. The van der Waals surface area contributed by atoms with Crippen molar-refractivity contribution in [2.75, 3.05) is 26.2 Å². The largest absolute Gasteiger partial charge is 0.530 e. The van der Waals surface area contributed by atoms with E-state index in [4.69, 9.17) is 0 Å². The highest BCUT2D eigenvalue weighted by atomic mass is 19.4. The summed E-state index contributed by atoms with van der Waals surface area (Å²) in [6.07, 6.45) is -5.98. The molecule has 1 atom stereocenters. The van der Waals surface area contributed by atoms with E-state index in [0.717, 1.165) is 17.0 Å². The molecule has 1 unspecified atom stereocenters. The van der Waals surface area contributed by atoms with Crippen molar-refractivity contribution in [2.45, 2.75) is 19.1 Å². The molecule has 1 fully saturated rings. The quantitative estimate of drug-likeness (QED) is 0.613. The fourth-order valence-electron chi connectivity index (χ4n) is 2.65. The fourth-order valence-corrected chi connectivity index (χ4v) is 2.65. The normalized spacial score (nSPS) is 17.6. The van der Waals surface area contributed by atoms with Crippen molar-refractivity contribution in [3.63, 3.8) is 0 Å². The Kier molecular flexibility index (Phi) is 4.97. The molecular formula is C14H15F3N3O4-. The highest BCUT2D eigenvalue weighted by molar-refractivity contribution is 5.62. The van der Waals surface area contributed by atoms with Crippen molar-refractivity contribution in [3.05, 3.63) is 39.4 Å². The molecule has 1 aromatic rings. The van der Waals surface area contributed by atoms with E-state index < -0.39 is 34.5 Å². The molecule has 7 nitrogen and oxygen atoms in total. The molecule has 1 aliphatic rings. The van der Waals surface area contributed by atoms with Gasteiger partial charge < -0.3 is 14.8 Å². The molecule has 0 aliphatic carbocycles. The Morgan fingerprint density at radius 1 is 1.21 bits per heavy atom. The third kappa shape index (κ3) is 3.94. The highest BCUT2D eigenvalue weighted by Crippen LogP contribution is 2.35. The third-order valence-electron chi connectivity index (χ3n) is 4.08. The van der Waals surface area contributed by atoms with Crippen LogP contribution in [0.25, 0.3) is 0 Å². The summed E-state index contributed by atoms with van der Waals surface area (Å²) in [7, 11) is 0. The van der Waals surface area contributed by atoms with E-state index in [2.05, 4.69) is 0 Å². The maximum Gasteiger partial charge on any atom is 0.416 e. The van der Waals surface area contributed by atoms with E-state index in [-0.39, 0.29) is 18.7 Å². The number of non-ortho nitro benzene ring substituents is 1. The molecule has 1 aliphatic heterocycles. The van der Waals surface area contributed by atoms with Crippen LogP contribution in [0.15, 0.2) is 18.2 Å². The van der Waals surface area contributed by atoms with Crippen molar-refractivity contribution < 1.29 is 28.0 Å². The van der Waals surface area contributed by atoms with E-state index in [9.17, 15) is 33.2 Å². The number of hydrogen-bond donors (Lipinski definition) is 0. The SMILES string of the molecule is CC(c1cc([N+](=O)[O-])cc(C(F)(F)F)c1)N1CCN(C(=O)[O-])CC1. The van der Waals surface area contributed by atoms with Gasteiger partial charge in [-0.15, -0.1) is 0 Å². The number of halogens is 3. The zero-order chi connectivity index (χ0) is 18.1. The minimum atomic E-state index is -4.69. The summed E-state index contributed by atoms with van der Waals surface area (Å²) >= 11 is 0. The standard InChI is InChI=1S/C14H16F3N3O4/c1-9(18-2-4-19(5-3-18)13(21)22)10-6-11(14(15,16)17)8-12(7-10)20(23)24/h6-9H,2-5H2,1H3,(H,21,22)/p-1. The molecule has 0 saturated carbocycles. The van der Waals surface area contributed by atoms with Gasteiger partial charge in [0.2, 0.25) is 0 Å². The number of carbonyl (C=O) groups excluding carboxylic acids is 1. The van der Waals surface area contributed by atoms with Crippen LogP contribution in [0, 0.1) is 10.1 Å². The van der Waals surface area contributed by atoms with E-state index in [1.165, 1.54) is 0 Å². The predicted octanol–water partition coefficient (Wildman–Crippen LogP) is 1.64. The van der Waals surface area contributed by atoms with Gasteiger partial charge in [-0.1, -0.05) is 0 Å². The molecule has 0 aromatic heterocycles. The summed E-state index contributed by atoms with van der Waals surface area (Å²) in [6, 6.07) is 1.99. The summed E-state index contributed by atoms with van der Waals surface area (Å²) in [4.78, 5) is 23.7. The van der Waals surface area contributed by atoms with Crippen molar-refractivity contribution in [1.82, 2.24) is 9.80 Å². The van der Waals surface area contributed by atoms with Gasteiger partial charge in [-0.2, -0.15) is 13.2 Å². The zero-order valence-electron chi connectivity index (χ0n) is 12.7. The Hall–Kier alpha value is -2.36. The predicted molar refractivity (Wildman–Crippen MR) is 75.1 cm³/mol. The van der Waals surface area contributed by atoms with Crippen LogP contribution in [0.1, 0.15) is 24.1 Å². The Morgan fingerprint density at radius 2 is 1.79 bits per heavy atom. The molecule has 0 bridgehead atoms. The molecule has 132 valence electrons. The summed E-state index contributed by atoms with van der Waals surface area (Å²) in [5.41, 5.74) is -1.54. The van der Waals surface area contributed by atoms with Crippen LogP contribution in [0.5, 0.6) is 0 Å². The lowest BCUT2D eigenvalue weighted by molar-refractivity contribution is -0.385. The van der Waals surface area contributed by atoms with Gasteiger partial charge in [0, 0.05) is 44.4 Å². The molecule has 0 radical (unpaired) electrons. The smallest absolute Gasteiger partial charge is 0.416 e. The summed E-state index contributed by atoms with van der Waals surface area (Å²) in [6.45, 7) is 2.59. The van der Waals surface area contributed by atoms with Crippen molar-refractivity contribution in [1.29, 1.82) is 0 Å². The minimum Gasteiger partial charge on any atom is -0.530 e. The van der Waals surface area contributed by atoms with Gasteiger partial charge in [-0.3, -0.25) is 15.0 Å². The third-order valence-corrected chi connectivity index (χ3v) is 4.08. The number of nitro groups is 1. The maximum absolute atomic E-state index is 12.9. The topological polar surface area (TPSA) is 89.8 Å². The highest BCUT2D eigenvalue weighted by Gasteiger charge is 2.34. The number of piperazine rings is 1. The fraction of sp³-hybridized carbons (Fsp3) is 0.500. The van der Waals surface area contributed by atoms with E-state index in [1.807, 2.05) is 0 Å². The number of rotatable bonds is 3. The number of nitrogens with zero attached hydrogens (tertiary/aromatic N) is 3. The first-order chi connectivity index (χ1) is 11.1. The molecule has 1 amide bonds. The lowest BCUT2D eigenvalue weighted by atomic mass is 10.0. The molecule has 1 heterocycles. The maximum atomic E-state index is 12.9. The first-order valence-corrected chi connectivity index (χ1v) is 7.16. The van der Waals surface area contributed by atoms with Crippen LogP contribution >= 0.6 is 0 Å². The number of carbonyl (C=O) groups is 1.